The van der Waals surface area contributed by atoms with Crippen molar-refractivity contribution in [3.8, 4) is 0 Å². The van der Waals surface area contributed by atoms with E-state index in [-0.39, 0.29) is 29.2 Å². The van der Waals surface area contributed by atoms with Crippen LogP contribution in [0.2, 0.25) is 10.0 Å². The lowest BCUT2D eigenvalue weighted by atomic mass is 10.0. The van der Waals surface area contributed by atoms with E-state index in [0.717, 1.165) is 11.1 Å². The second-order valence-corrected chi connectivity index (χ2v) is 8.43. The molecule has 0 aromatic heterocycles. The van der Waals surface area contributed by atoms with Crippen LogP contribution in [-0.2, 0) is 9.59 Å². The molecule has 0 spiro atoms. The molecule has 1 aliphatic rings. The Balaban J connectivity index is 1.62. The number of piperazine rings is 1. The fraction of sp³-hybridized carbons (Fsp3) is 0.348. The van der Waals surface area contributed by atoms with E-state index in [1.54, 1.807) is 28.0 Å². The number of aryl methyl sites for hydroxylation is 1. The number of hydrogen-bond acceptors (Lipinski definition) is 3. The van der Waals surface area contributed by atoms with E-state index in [1.165, 1.54) is 6.92 Å². The van der Waals surface area contributed by atoms with Crippen molar-refractivity contribution < 1.29 is 14.4 Å². The Kier molecular flexibility index (Phi) is 7.57. The van der Waals surface area contributed by atoms with Gasteiger partial charge < -0.3 is 15.1 Å². The maximum absolute atomic E-state index is 12.9. The molecule has 2 aromatic carbocycles. The van der Waals surface area contributed by atoms with E-state index in [9.17, 15) is 14.4 Å². The van der Waals surface area contributed by atoms with Crippen LogP contribution in [-0.4, -0.2) is 53.7 Å². The Hall–Kier alpha value is -2.57. The van der Waals surface area contributed by atoms with Crippen LogP contribution < -0.4 is 5.32 Å². The Morgan fingerprint density at radius 3 is 2.19 bits per heavy atom. The number of nitrogens with one attached hydrogen (secondary N) is 1. The smallest absolute Gasteiger partial charge is 0.255 e. The second-order valence-electron chi connectivity index (χ2n) is 7.64. The predicted molar refractivity (Wildman–Crippen MR) is 121 cm³/mol. The van der Waals surface area contributed by atoms with Gasteiger partial charge in [0.2, 0.25) is 11.8 Å². The third kappa shape index (κ3) is 5.77. The van der Waals surface area contributed by atoms with Crippen molar-refractivity contribution in [2.24, 2.45) is 0 Å². The van der Waals surface area contributed by atoms with E-state index < -0.39 is 6.04 Å². The molecule has 0 radical (unpaired) electrons. The summed E-state index contributed by atoms with van der Waals surface area (Å²) in [5, 5.41) is 3.44. The lowest BCUT2D eigenvalue weighted by molar-refractivity contribution is -0.133. The van der Waals surface area contributed by atoms with E-state index in [4.69, 9.17) is 23.2 Å². The van der Waals surface area contributed by atoms with Crippen molar-refractivity contribution in [3.63, 3.8) is 0 Å². The highest BCUT2D eigenvalue weighted by molar-refractivity contribution is 6.43. The van der Waals surface area contributed by atoms with Gasteiger partial charge in [-0.05, 0) is 24.6 Å². The van der Waals surface area contributed by atoms with E-state index in [0.29, 0.717) is 36.8 Å². The second kappa shape index (κ2) is 10.2. The first kappa shape index (κ1) is 23.1. The summed E-state index contributed by atoms with van der Waals surface area (Å²) in [6, 6.07) is 12.3. The Bertz CT molecular complexity index is 971. The van der Waals surface area contributed by atoms with Gasteiger partial charge in [0.1, 0.15) is 0 Å². The summed E-state index contributed by atoms with van der Waals surface area (Å²) >= 11 is 12.2. The van der Waals surface area contributed by atoms with Gasteiger partial charge in [-0.2, -0.15) is 0 Å². The monoisotopic (exact) mass is 461 g/mol. The normalized spacial score (nSPS) is 14.8. The minimum atomic E-state index is -0.393. The van der Waals surface area contributed by atoms with E-state index >= 15 is 0 Å². The fourth-order valence-electron chi connectivity index (χ4n) is 3.60. The minimum absolute atomic E-state index is 0.0628. The molecule has 0 bridgehead atoms. The molecule has 164 valence electrons. The van der Waals surface area contributed by atoms with Crippen LogP contribution in [0.3, 0.4) is 0 Å². The van der Waals surface area contributed by atoms with Gasteiger partial charge in [-0.1, -0.05) is 59.1 Å². The maximum Gasteiger partial charge on any atom is 0.255 e. The summed E-state index contributed by atoms with van der Waals surface area (Å²) in [4.78, 5) is 40.8. The minimum Gasteiger partial charge on any atom is -0.349 e. The summed E-state index contributed by atoms with van der Waals surface area (Å²) in [6.07, 6.45) is 0.163. The highest BCUT2D eigenvalue weighted by atomic mass is 35.5. The molecule has 3 amide bonds. The number of carbonyl (C=O) groups is 3. The van der Waals surface area contributed by atoms with Gasteiger partial charge in [0, 0.05) is 33.1 Å². The Morgan fingerprint density at radius 1 is 0.968 bits per heavy atom. The van der Waals surface area contributed by atoms with Gasteiger partial charge in [-0.15, -0.1) is 0 Å². The number of carbonyl (C=O) groups excluding carboxylic acids is 3. The van der Waals surface area contributed by atoms with Crippen molar-refractivity contribution in [1.82, 2.24) is 15.1 Å². The molecule has 1 N–H and O–H groups in total. The third-order valence-electron chi connectivity index (χ3n) is 5.34. The van der Waals surface area contributed by atoms with Crippen molar-refractivity contribution in [2.45, 2.75) is 26.3 Å². The largest absolute Gasteiger partial charge is 0.349 e. The molecule has 1 heterocycles. The van der Waals surface area contributed by atoms with Crippen molar-refractivity contribution in [1.29, 1.82) is 0 Å². The highest BCUT2D eigenvalue weighted by Crippen LogP contribution is 2.27. The van der Waals surface area contributed by atoms with Gasteiger partial charge in [-0.3, -0.25) is 14.4 Å². The van der Waals surface area contributed by atoms with Crippen LogP contribution in [0.25, 0.3) is 0 Å². The van der Waals surface area contributed by atoms with Crippen LogP contribution in [0, 0.1) is 6.92 Å². The van der Waals surface area contributed by atoms with E-state index in [2.05, 4.69) is 5.32 Å². The molecule has 1 unspecified atom stereocenters. The Morgan fingerprint density at radius 2 is 1.58 bits per heavy atom. The molecular formula is C23H25Cl2N3O3. The molecule has 3 rings (SSSR count). The molecule has 0 saturated carbocycles. The number of benzene rings is 2. The first-order valence-corrected chi connectivity index (χ1v) is 10.9. The maximum atomic E-state index is 12.9. The van der Waals surface area contributed by atoms with Crippen LogP contribution >= 0.6 is 23.2 Å². The standard InChI is InChI=1S/C23H25Cl2N3O3/c1-15-6-8-17(9-7-15)20(26-16(2)29)14-21(30)27-10-12-28(13-11-27)23(31)18-4-3-5-19(24)22(18)25/h3-9,20H,10-14H2,1-2H3,(H,26,29). The zero-order valence-electron chi connectivity index (χ0n) is 17.5. The van der Waals surface area contributed by atoms with Crippen LogP contribution in [0.5, 0.6) is 0 Å². The highest BCUT2D eigenvalue weighted by Gasteiger charge is 2.28. The first-order chi connectivity index (χ1) is 14.8. The number of amides is 3. The van der Waals surface area contributed by atoms with Crippen LogP contribution in [0.15, 0.2) is 42.5 Å². The molecule has 1 aliphatic heterocycles. The van der Waals surface area contributed by atoms with Crippen molar-refractivity contribution in [3.05, 3.63) is 69.2 Å². The average molecular weight is 462 g/mol. The summed E-state index contributed by atoms with van der Waals surface area (Å²) in [5.41, 5.74) is 2.36. The number of rotatable bonds is 5. The zero-order chi connectivity index (χ0) is 22.5. The molecule has 1 saturated heterocycles. The lowest BCUT2D eigenvalue weighted by Gasteiger charge is -2.35. The predicted octanol–water partition coefficient (Wildman–Crippen LogP) is 3.85. The van der Waals surface area contributed by atoms with Crippen molar-refractivity contribution in [2.75, 3.05) is 26.2 Å². The van der Waals surface area contributed by atoms with Gasteiger partial charge in [0.25, 0.3) is 5.91 Å². The number of nitrogens with zero attached hydrogens (tertiary/aromatic N) is 2. The van der Waals surface area contributed by atoms with Gasteiger partial charge in [0.05, 0.1) is 28.1 Å². The average Bonchev–Trinajstić information content (AvgIpc) is 2.75. The molecule has 0 aliphatic carbocycles. The molecule has 6 nitrogen and oxygen atoms in total. The van der Waals surface area contributed by atoms with E-state index in [1.807, 2.05) is 31.2 Å². The van der Waals surface area contributed by atoms with Crippen molar-refractivity contribution >= 4 is 40.9 Å². The molecule has 2 aromatic rings. The van der Waals surface area contributed by atoms with Crippen LogP contribution in [0.4, 0.5) is 0 Å². The molecule has 8 heteroatoms. The number of hydrogen-bond donors (Lipinski definition) is 1. The molecule has 1 fully saturated rings. The molecule has 31 heavy (non-hydrogen) atoms. The lowest BCUT2D eigenvalue weighted by Crippen LogP contribution is -2.51. The summed E-state index contributed by atoms with van der Waals surface area (Å²) in [7, 11) is 0. The quantitative estimate of drug-likeness (QED) is 0.734. The van der Waals surface area contributed by atoms with Gasteiger partial charge in [-0.25, -0.2) is 0 Å². The topological polar surface area (TPSA) is 69.7 Å². The summed E-state index contributed by atoms with van der Waals surface area (Å²) in [6.45, 7) is 5.08. The molecular weight excluding hydrogens is 437 g/mol. The third-order valence-corrected chi connectivity index (χ3v) is 6.16. The fourth-order valence-corrected chi connectivity index (χ4v) is 3.98. The van der Waals surface area contributed by atoms with Crippen LogP contribution in [0.1, 0.15) is 40.9 Å². The first-order valence-electron chi connectivity index (χ1n) is 10.1. The van der Waals surface area contributed by atoms with Gasteiger partial charge in [0.15, 0.2) is 0 Å². The number of halogens is 2. The summed E-state index contributed by atoms with van der Waals surface area (Å²) < 4.78 is 0. The van der Waals surface area contributed by atoms with Gasteiger partial charge >= 0.3 is 0 Å². The zero-order valence-corrected chi connectivity index (χ0v) is 19.0. The SMILES string of the molecule is CC(=O)NC(CC(=O)N1CCN(C(=O)c2cccc(Cl)c2Cl)CC1)c1ccc(C)cc1. The Labute approximate surface area is 192 Å². The molecule has 1 atom stereocenters. The summed E-state index contributed by atoms with van der Waals surface area (Å²) in [5.74, 6) is -0.449.